The molecule has 2 aromatic heterocycles. The number of nitrogens with zero attached hydrogens (tertiary/aromatic N) is 3. The Balaban J connectivity index is 1.52. The lowest BCUT2D eigenvalue weighted by Gasteiger charge is -2.20. The molecule has 0 aliphatic carbocycles. The molecule has 3 heterocycles. The van der Waals surface area contributed by atoms with Crippen LogP contribution in [0.2, 0.25) is 0 Å². The summed E-state index contributed by atoms with van der Waals surface area (Å²) in [6.45, 7) is 0.209. The smallest absolute Gasteiger partial charge is 0.252 e. The number of amides is 2. The van der Waals surface area contributed by atoms with Gasteiger partial charge < -0.3 is 21.3 Å². The number of nitrogens with one attached hydrogen (secondary N) is 2. The van der Waals surface area contributed by atoms with Gasteiger partial charge in [-0.15, -0.1) is 0 Å². The third-order valence-corrected chi connectivity index (χ3v) is 5.65. The topological polar surface area (TPSA) is 113 Å². The summed E-state index contributed by atoms with van der Waals surface area (Å²) in [5.74, 6) is -3.50. The molecule has 4 N–H and O–H groups in total. The van der Waals surface area contributed by atoms with Gasteiger partial charge in [-0.05, 0) is 37.1 Å². The van der Waals surface area contributed by atoms with E-state index in [2.05, 4.69) is 20.6 Å². The van der Waals surface area contributed by atoms with Crippen LogP contribution in [0.25, 0.3) is 0 Å². The number of hydrogen-bond donors (Lipinski definition) is 3. The summed E-state index contributed by atoms with van der Waals surface area (Å²) in [6.07, 6.45) is 6.12. The van der Waals surface area contributed by atoms with E-state index in [9.17, 15) is 22.8 Å². The van der Waals surface area contributed by atoms with Gasteiger partial charge in [0.2, 0.25) is 5.91 Å². The molecule has 0 bridgehead atoms. The Bertz CT molecular complexity index is 1250. The van der Waals surface area contributed by atoms with Crippen molar-refractivity contribution in [2.45, 2.75) is 32.2 Å². The third-order valence-electron chi connectivity index (χ3n) is 5.65. The van der Waals surface area contributed by atoms with E-state index >= 15 is 0 Å². The number of nitrogens with two attached hydrogens (primary N) is 1. The van der Waals surface area contributed by atoms with Crippen LogP contribution in [-0.2, 0) is 11.3 Å². The third kappa shape index (κ3) is 5.51. The first kappa shape index (κ1) is 24.0. The Morgan fingerprint density at radius 3 is 2.51 bits per heavy atom. The maximum atomic E-state index is 14.0. The molecule has 0 saturated carbocycles. The lowest BCUT2D eigenvalue weighted by Crippen LogP contribution is -2.30. The van der Waals surface area contributed by atoms with Gasteiger partial charge >= 0.3 is 0 Å². The van der Waals surface area contributed by atoms with Crippen LogP contribution < -0.4 is 21.3 Å². The van der Waals surface area contributed by atoms with E-state index in [0.717, 1.165) is 25.3 Å². The Morgan fingerprint density at radius 2 is 1.77 bits per heavy atom. The van der Waals surface area contributed by atoms with Gasteiger partial charge in [-0.2, -0.15) is 0 Å². The molecule has 182 valence electrons. The van der Waals surface area contributed by atoms with Gasteiger partial charge in [-0.1, -0.05) is 6.42 Å². The molecule has 0 atom stereocenters. The van der Waals surface area contributed by atoms with Crippen LogP contribution in [0, 0.1) is 17.5 Å². The number of hydrogen-bond acceptors (Lipinski definition) is 6. The van der Waals surface area contributed by atoms with Crippen molar-refractivity contribution < 1.29 is 22.8 Å². The molecule has 0 radical (unpaired) electrons. The van der Waals surface area contributed by atoms with E-state index < -0.39 is 35.5 Å². The minimum Gasteiger partial charge on any atom is -0.380 e. The van der Waals surface area contributed by atoms with Gasteiger partial charge in [0.05, 0.1) is 23.1 Å². The number of pyridine rings is 2. The molecule has 4 rings (SSSR count). The number of primary amides is 1. The average Bonchev–Trinajstić information content (AvgIpc) is 3.06. The second-order valence-corrected chi connectivity index (χ2v) is 8.04. The molecule has 1 saturated heterocycles. The zero-order valence-corrected chi connectivity index (χ0v) is 18.7. The number of carbonyl (C=O) groups excluding carboxylic acids is 2. The van der Waals surface area contributed by atoms with Crippen molar-refractivity contribution in [1.29, 1.82) is 0 Å². The largest absolute Gasteiger partial charge is 0.380 e. The number of aromatic nitrogens is 2. The van der Waals surface area contributed by atoms with Crippen LogP contribution in [0.3, 0.4) is 0 Å². The Kier molecular flexibility index (Phi) is 7.14. The van der Waals surface area contributed by atoms with Crippen LogP contribution in [0.1, 0.15) is 41.6 Å². The van der Waals surface area contributed by atoms with Gasteiger partial charge in [0.25, 0.3) is 5.91 Å². The first-order chi connectivity index (χ1) is 16.8. The van der Waals surface area contributed by atoms with Gasteiger partial charge in [0.15, 0.2) is 11.6 Å². The highest BCUT2D eigenvalue weighted by molar-refractivity contribution is 5.98. The predicted octanol–water partition coefficient (Wildman–Crippen LogP) is 4.26. The fourth-order valence-electron chi connectivity index (χ4n) is 3.79. The summed E-state index contributed by atoms with van der Waals surface area (Å²) in [5.41, 5.74) is 5.69. The van der Waals surface area contributed by atoms with Gasteiger partial charge in [-0.25, -0.2) is 23.1 Å². The summed E-state index contributed by atoms with van der Waals surface area (Å²) in [5, 5.41) is 5.69. The minimum atomic E-state index is -1.32. The second-order valence-electron chi connectivity index (χ2n) is 8.04. The highest BCUT2D eigenvalue weighted by atomic mass is 19.2. The Hall–Kier alpha value is -4.15. The monoisotopic (exact) mass is 484 g/mol. The number of anilines is 4. The zero-order chi connectivity index (χ0) is 24.9. The number of carbonyl (C=O) groups is 2. The molecule has 1 fully saturated rings. The number of halogens is 3. The maximum absolute atomic E-state index is 14.0. The molecule has 2 amide bonds. The summed E-state index contributed by atoms with van der Waals surface area (Å²) < 4.78 is 41.5. The maximum Gasteiger partial charge on any atom is 0.252 e. The first-order valence-electron chi connectivity index (χ1n) is 11.0. The molecule has 3 aromatic rings. The van der Waals surface area contributed by atoms with Crippen molar-refractivity contribution in [3.63, 3.8) is 0 Å². The predicted molar refractivity (Wildman–Crippen MR) is 125 cm³/mol. The highest BCUT2D eigenvalue weighted by Gasteiger charge is 2.19. The summed E-state index contributed by atoms with van der Waals surface area (Å²) in [4.78, 5) is 34.3. The van der Waals surface area contributed by atoms with E-state index in [1.54, 1.807) is 23.2 Å². The molecule has 1 aliphatic rings. The van der Waals surface area contributed by atoms with E-state index in [4.69, 9.17) is 5.73 Å². The van der Waals surface area contributed by atoms with Crippen molar-refractivity contribution in [1.82, 2.24) is 9.97 Å². The van der Waals surface area contributed by atoms with Gasteiger partial charge in [-0.3, -0.25) is 9.59 Å². The molecule has 8 nitrogen and oxygen atoms in total. The number of rotatable bonds is 7. The number of benzene rings is 1. The van der Waals surface area contributed by atoms with Crippen LogP contribution in [0.4, 0.5) is 36.2 Å². The van der Waals surface area contributed by atoms with Crippen LogP contribution >= 0.6 is 0 Å². The van der Waals surface area contributed by atoms with Crippen molar-refractivity contribution in [2.75, 3.05) is 22.1 Å². The van der Waals surface area contributed by atoms with E-state index in [1.807, 2.05) is 0 Å². The first-order valence-corrected chi connectivity index (χ1v) is 11.0. The fourth-order valence-corrected chi connectivity index (χ4v) is 3.79. The van der Waals surface area contributed by atoms with E-state index in [-0.39, 0.29) is 23.0 Å². The SMILES string of the molecule is NC(=O)c1cnc(Nc2ccc(N3CCCCCC3=O)cn2)cc1NCc1c(F)ccc(F)c1F. The molecule has 0 spiro atoms. The summed E-state index contributed by atoms with van der Waals surface area (Å²) in [6, 6.07) is 6.38. The summed E-state index contributed by atoms with van der Waals surface area (Å²) >= 11 is 0. The van der Waals surface area contributed by atoms with Crippen LogP contribution in [0.5, 0.6) is 0 Å². The average molecular weight is 484 g/mol. The highest BCUT2D eigenvalue weighted by Crippen LogP contribution is 2.25. The Labute approximate surface area is 199 Å². The van der Waals surface area contributed by atoms with E-state index in [0.29, 0.717) is 30.5 Å². The molecule has 0 unspecified atom stereocenters. The Morgan fingerprint density at radius 1 is 1.00 bits per heavy atom. The van der Waals surface area contributed by atoms with Crippen LogP contribution in [0.15, 0.2) is 42.7 Å². The van der Waals surface area contributed by atoms with Crippen molar-refractivity contribution in [3.05, 3.63) is 71.3 Å². The molecule has 35 heavy (non-hydrogen) atoms. The lowest BCUT2D eigenvalue weighted by atomic mass is 10.1. The van der Waals surface area contributed by atoms with Crippen molar-refractivity contribution in [2.24, 2.45) is 5.73 Å². The second kappa shape index (κ2) is 10.4. The molecular weight excluding hydrogens is 461 g/mol. The van der Waals surface area contributed by atoms with Crippen molar-refractivity contribution >= 4 is 34.8 Å². The fraction of sp³-hybridized carbons (Fsp3) is 0.250. The quantitative estimate of drug-likeness (QED) is 0.432. The normalized spacial score (nSPS) is 13.9. The zero-order valence-electron chi connectivity index (χ0n) is 18.7. The standard InChI is InChI=1S/C24H23F3N6O2/c25-17-6-7-18(26)23(27)15(17)12-29-19-10-21(31-13-16(19)24(28)35)32-20-8-5-14(11-30-20)33-9-3-1-2-4-22(33)34/h5-8,10-11,13H,1-4,9,12H2,(H2,28,35)(H2,29,30,31,32). The van der Waals surface area contributed by atoms with Gasteiger partial charge in [0.1, 0.15) is 17.5 Å². The molecule has 11 heteroatoms. The van der Waals surface area contributed by atoms with Crippen molar-refractivity contribution in [3.8, 4) is 0 Å². The molecule has 1 aromatic carbocycles. The summed E-state index contributed by atoms with van der Waals surface area (Å²) in [7, 11) is 0. The van der Waals surface area contributed by atoms with E-state index in [1.165, 1.54) is 12.3 Å². The lowest BCUT2D eigenvalue weighted by molar-refractivity contribution is -0.118. The van der Waals surface area contributed by atoms with Crippen LogP contribution in [-0.4, -0.2) is 28.3 Å². The minimum absolute atomic E-state index is 0.0178. The van der Waals surface area contributed by atoms with Gasteiger partial charge in [0, 0.05) is 37.3 Å². The molecule has 1 aliphatic heterocycles. The molecular formula is C24H23F3N6O2.